The summed E-state index contributed by atoms with van der Waals surface area (Å²) in [5, 5.41) is 102. The molecule has 4 fully saturated rings. The van der Waals surface area contributed by atoms with Gasteiger partial charge in [-0.15, -0.1) is 0 Å². The number of hydrogen-bond donors (Lipinski definition) is 27. The number of nitrogens with one attached hydrogen (secondary N) is 17. The number of hydrogen-bond acceptors (Lipinski definition) is 27. The largest absolute Gasteiger partial charge is 0.481 e. The topological polar surface area (TPSA) is 805 Å². The van der Waals surface area contributed by atoms with Gasteiger partial charge in [0.05, 0.1) is 32.7 Å². The van der Waals surface area contributed by atoms with E-state index in [0.717, 1.165) is 14.7 Å². The molecule has 128 heavy (non-hydrogen) atoms. The van der Waals surface area contributed by atoms with Gasteiger partial charge in [0.25, 0.3) is 0 Å². The number of aliphatic hydroxyl groups is 2. The maximum absolute atomic E-state index is 14.6. The van der Waals surface area contributed by atoms with Gasteiger partial charge in [-0.2, -0.15) is 12.6 Å². The molecule has 4 saturated heterocycles. The zero-order valence-corrected chi connectivity index (χ0v) is 73.1. The van der Waals surface area contributed by atoms with Crippen LogP contribution in [0.1, 0.15) is 157 Å². The number of aliphatic carboxylic acids is 3. The fourth-order valence-electron chi connectivity index (χ4n) is 14.6. The first-order chi connectivity index (χ1) is 60.3. The average molecular weight is 1840 g/mol. The summed E-state index contributed by atoms with van der Waals surface area (Å²) in [6, 6.07) is -24.0. The molecule has 4 rings (SSSR count). The molecule has 0 saturated carbocycles. The van der Waals surface area contributed by atoms with Crippen molar-refractivity contribution >= 4 is 149 Å². The van der Waals surface area contributed by atoms with Crippen molar-refractivity contribution in [2.24, 2.45) is 34.8 Å². The lowest BCUT2D eigenvalue weighted by Crippen LogP contribution is -2.61. The van der Waals surface area contributed by atoms with E-state index in [1.54, 1.807) is 27.7 Å². The number of rotatable bonds is 53. The molecule has 0 bridgehead atoms. The van der Waals surface area contributed by atoms with E-state index in [0.29, 0.717) is 6.42 Å². The molecule has 4 aliphatic rings. The molecule has 16 atom stereocenters. The van der Waals surface area contributed by atoms with Crippen LogP contribution in [0.25, 0.3) is 0 Å². The van der Waals surface area contributed by atoms with Crippen LogP contribution >= 0.6 is 12.6 Å². The summed E-state index contributed by atoms with van der Waals surface area (Å²) < 4.78 is 0. The monoisotopic (exact) mass is 1840 g/mol. The highest BCUT2D eigenvalue weighted by Gasteiger charge is 2.46. The molecule has 0 aromatic carbocycles. The molecule has 51 nitrogen and oxygen atoms in total. The second kappa shape index (κ2) is 53.3. The van der Waals surface area contributed by atoms with Gasteiger partial charge in [0.1, 0.15) is 96.7 Å². The van der Waals surface area contributed by atoms with Crippen LogP contribution in [0, 0.1) is 22.7 Å². The van der Waals surface area contributed by atoms with E-state index >= 15 is 0 Å². The van der Waals surface area contributed by atoms with Crippen molar-refractivity contribution in [2.45, 2.75) is 254 Å². The van der Waals surface area contributed by atoms with Crippen LogP contribution in [0.3, 0.4) is 0 Å². The van der Waals surface area contributed by atoms with Crippen molar-refractivity contribution in [2.75, 3.05) is 71.3 Å². The number of thiol groups is 1. The molecule has 0 aromatic heterocycles. The zero-order chi connectivity index (χ0) is 96.1. The van der Waals surface area contributed by atoms with Gasteiger partial charge in [-0.3, -0.25) is 107 Å². The Morgan fingerprint density at radius 1 is 0.398 bits per heavy atom. The van der Waals surface area contributed by atoms with Gasteiger partial charge in [-0.1, -0.05) is 27.7 Å². The number of carboxylic acid groups (broad SMARTS) is 3. The van der Waals surface area contributed by atoms with Crippen molar-refractivity contribution < 1.29 is 126 Å². The lowest BCUT2D eigenvalue weighted by Gasteiger charge is -2.31. The summed E-state index contributed by atoms with van der Waals surface area (Å²) in [6.45, 7) is 5.08. The third kappa shape index (κ3) is 34.4. The van der Waals surface area contributed by atoms with Crippen molar-refractivity contribution in [1.29, 1.82) is 10.8 Å². The Hall–Kier alpha value is -12.4. The molecular weight excluding hydrogens is 1710 g/mol. The fraction of sp³-hybridized carbons (Fsp3) is 0.697. The Morgan fingerprint density at radius 2 is 0.789 bits per heavy atom. The first kappa shape index (κ1) is 108. The van der Waals surface area contributed by atoms with Crippen LogP contribution < -0.4 is 103 Å². The molecule has 4 aliphatic heterocycles. The minimum atomic E-state index is -1.90. The van der Waals surface area contributed by atoms with Crippen molar-refractivity contribution in [3.8, 4) is 0 Å². The summed E-state index contributed by atoms with van der Waals surface area (Å²) in [4.78, 5) is 287. The molecular formula is C76H125N25O26S. The second-order valence-corrected chi connectivity index (χ2v) is 32.4. The van der Waals surface area contributed by atoms with Crippen LogP contribution in [0.2, 0.25) is 0 Å². The van der Waals surface area contributed by atoms with E-state index in [9.17, 15) is 126 Å². The quantitative estimate of drug-likeness (QED) is 0.0116. The van der Waals surface area contributed by atoms with E-state index in [4.69, 9.17) is 33.8 Å². The molecule has 30 N–H and O–H groups in total. The third-order valence-corrected chi connectivity index (χ3v) is 21.6. The number of amides is 18. The van der Waals surface area contributed by atoms with Gasteiger partial charge in [0.2, 0.25) is 106 Å². The van der Waals surface area contributed by atoms with Crippen LogP contribution in [-0.2, 0) is 101 Å². The Balaban J connectivity index is 1.47. The number of nitrogens with zero attached hydrogens (tertiary/aromatic N) is 4. The van der Waals surface area contributed by atoms with E-state index in [1.165, 1.54) is 18.7 Å². The van der Waals surface area contributed by atoms with Gasteiger partial charge in [-0.25, -0.2) is 4.79 Å². The maximum Gasteiger partial charge on any atom is 0.327 e. The molecule has 18 amide bonds. The Kier molecular flexibility index (Phi) is 45.0. The highest BCUT2D eigenvalue weighted by Crippen LogP contribution is 2.25. The Morgan fingerprint density at radius 3 is 1.21 bits per heavy atom. The molecule has 0 unspecified atom stereocenters. The molecule has 52 heteroatoms. The average Bonchev–Trinajstić information content (AvgIpc) is 1.68. The number of carboxylic acids is 3. The third-order valence-electron chi connectivity index (χ3n) is 21.3. The molecule has 0 radical (unpaired) electrons. The SMILES string of the molecule is CC(C)C[C@H](NC(=O)CNC(=O)[C@@H]1CCCN1C(=O)[C@H](CC(=O)O)NC(=O)[C@@H]1CCCN1C(=O)[C@H](CO)NC(=O)[C@H](CO)NC(=O)[C@@H]1CCCN1C(=O)[C@H](CCC(N)=O)NC(=O)CN)C(=O)N[C@@H](CCC(=O)O)C(=O)N[C@@H](CCCNC(=N)N)C(=O)N[C@@H](CCCNC(=N)N)C(=O)N[C@H](C(=O)N[C@@H](C)C(=O)N[C@@H](C)C(=O)N1CCC[C@H]1C(=O)N[C@@H](CS)C(=O)O)C(C)C. The normalized spacial score (nSPS) is 18.7. The lowest BCUT2D eigenvalue weighted by molar-refractivity contribution is -0.147. The zero-order valence-electron chi connectivity index (χ0n) is 72.3. The fourth-order valence-corrected chi connectivity index (χ4v) is 14.9. The highest BCUT2D eigenvalue weighted by atomic mass is 32.1. The van der Waals surface area contributed by atoms with Gasteiger partial charge in [-0.05, 0) is 122 Å². The summed E-state index contributed by atoms with van der Waals surface area (Å²) in [6.07, 6.45) is -2.70. The lowest BCUT2D eigenvalue weighted by atomic mass is 10.0. The number of primary amides is 1. The predicted octanol–water partition coefficient (Wildman–Crippen LogP) is -11.3. The Bertz CT molecular complexity index is 4030. The number of carbonyl (C=O) groups is 21. The minimum absolute atomic E-state index is 0.00464. The molecule has 4 heterocycles. The summed E-state index contributed by atoms with van der Waals surface area (Å²) >= 11 is 3.96. The van der Waals surface area contributed by atoms with E-state index < -0.39 is 290 Å². The summed E-state index contributed by atoms with van der Waals surface area (Å²) in [5.41, 5.74) is 21.7. The second-order valence-electron chi connectivity index (χ2n) is 32.1. The number of nitrogens with two attached hydrogens (primary N) is 4. The van der Waals surface area contributed by atoms with Gasteiger partial charge in [0.15, 0.2) is 11.9 Å². The van der Waals surface area contributed by atoms with Crippen LogP contribution in [-0.4, -0.2) is 349 Å². The van der Waals surface area contributed by atoms with E-state index in [-0.39, 0.29) is 135 Å². The minimum Gasteiger partial charge on any atom is -0.481 e. The van der Waals surface area contributed by atoms with Crippen molar-refractivity contribution in [3.63, 3.8) is 0 Å². The number of carbonyl (C=O) groups excluding carboxylic acids is 18. The Labute approximate surface area is 742 Å². The first-order valence-corrected chi connectivity index (χ1v) is 42.7. The number of likely N-dealkylation sites (tertiary alicyclic amines) is 4. The highest BCUT2D eigenvalue weighted by molar-refractivity contribution is 7.80. The van der Waals surface area contributed by atoms with Crippen molar-refractivity contribution in [3.05, 3.63) is 0 Å². The maximum atomic E-state index is 14.6. The van der Waals surface area contributed by atoms with E-state index in [1.807, 2.05) is 0 Å². The molecule has 0 spiro atoms. The summed E-state index contributed by atoms with van der Waals surface area (Å²) in [5.74, 6) is -23.8. The van der Waals surface area contributed by atoms with Crippen LogP contribution in [0.5, 0.6) is 0 Å². The molecule has 0 aliphatic carbocycles. The van der Waals surface area contributed by atoms with Gasteiger partial charge >= 0.3 is 17.9 Å². The molecule has 716 valence electrons. The summed E-state index contributed by atoms with van der Waals surface area (Å²) in [7, 11) is 0. The van der Waals surface area contributed by atoms with Crippen LogP contribution in [0.15, 0.2) is 0 Å². The standard InChI is InChI=1S/C76H125N25O26S/c1-36(2)29-44(89-55(106)32-85-65(117)49-15-9-26-99(49)72(124)45(30-57(109)110)93-66(118)51-17-12-28-101(51)73(125)47(34-103)95-64(116)46(33-102)94-67(119)52-18-11-27-100(52)71(123)43(19-21-53(78)104)88-54(105)31-77)63(115)92-42(20-22-56(107)108)61(113)90-40(13-7-23-83-75(79)80)60(112)91-41(14-8-24-84-76(81)82)62(114)97-58(37(3)4)69(121)86-38(5)59(111)87-39(6)70(122)98-25-10-16-50(98)68(120)96-48(35-128)74(126)127/h36-52,58,102-103,128H,7-35,77H2,1-6H3,(H2,78,104)(H,85,117)(H,86,121)(H,87,111)(H,88,105)(H,89,106)(H,90,113)(H,91,112)(H,92,115)(H,93,118)(H,94,119)(H,95,116)(H,96,120)(H,97,114)(H,107,108)(H,109,110)(H,126,127)(H4,79,80,83)(H4,81,82,84)/t38-,39-,40-,41-,42-,43-,44-,45-,46-,47-,48-,49-,50-,51-,52-,58-/m0/s1. The van der Waals surface area contributed by atoms with Crippen LogP contribution in [0.4, 0.5) is 0 Å². The first-order valence-electron chi connectivity index (χ1n) is 42.0. The van der Waals surface area contributed by atoms with Gasteiger partial charge in [0, 0.05) is 57.9 Å². The van der Waals surface area contributed by atoms with E-state index in [2.05, 4.69) is 92.4 Å². The van der Waals surface area contributed by atoms with Crippen molar-refractivity contribution in [1.82, 2.24) is 99.4 Å². The number of guanidine groups is 2. The predicted molar refractivity (Wildman–Crippen MR) is 451 cm³/mol. The van der Waals surface area contributed by atoms with Gasteiger partial charge < -0.3 is 148 Å². The molecule has 0 aromatic rings. The number of aliphatic hydroxyl groups excluding tert-OH is 2. The smallest absolute Gasteiger partial charge is 0.327 e.